The van der Waals surface area contributed by atoms with Gasteiger partial charge >= 0.3 is 0 Å². The zero-order valence-corrected chi connectivity index (χ0v) is 13.9. The quantitative estimate of drug-likeness (QED) is 0.438. The molecule has 6 nitrogen and oxygen atoms in total. The molecule has 3 N–H and O–H groups in total. The molecule has 6 heteroatoms. The van der Waals surface area contributed by atoms with E-state index >= 15 is 0 Å². The normalized spacial score (nSPS) is 14.0. The van der Waals surface area contributed by atoms with Crippen LogP contribution in [0.1, 0.15) is 24.0 Å². The summed E-state index contributed by atoms with van der Waals surface area (Å²) in [6, 6.07) is 17.5. The number of amidine groups is 1. The van der Waals surface area contributed by atoms with E-state index < -0.39 is 0 Å². The number of nitrogens with two attached hydrogens (primary N) is 1. The third-order valence-electron chi connectivity index (χ3n) is 3.70. The smallest absolute Gasteiger partial charge is 0.260 e. The third-order valence-corrected chi connectivity index (χ3v) is 3.70. The number of carbonyl (C=O) groups is 1. The number of hydrogen-bond donors (Lipinski definition) is 2. The first-order valence-electron chi connectivity index (χ1n) is 8.23. The van der Waals surface area contributed by atoms with Gasteiger partial charge < -0.3 is 20.6 Å². The first kappa shape index (κ1) is 16.8. The van der Waals surface area contributed by atoms with Crippen LogP contribution in [0.15, 0.2) is 59.8 Å². The van der Waals surface area contributed by atoms with Crippen LogP contribution in [-0.4, -0.2) is 24.4 Å². The monoisotopic (exact) mass is 339 g/mol. The van der Waals surface area contributed by atoms with E-state index in [1.165, 1.54) is 0 Å². The number of oxime groups is 1. The molecule has 1 saturated carbocycles. The Morgan fingerprint density at radius 3 is 2.60 bits per heavy atom. The molecule has 130 valence electrons. The Kier molecular flexibility index (Phi) is 5.51. The number of benzene rings is 2. The van der Waals surface area contributed by atoms with E-state index in [4.69, 9.17) is 15.3 Å². The maximum absolute atomic E-state index is 11.6. The van der Waals surface area contributed by atoms with Crippen molar-refractivity contribution in [1.29, 1.82) is 0 Å². The molecule has 0 radical (unpaired) electrons. The number of hydrogen-bond acceptors (Lipinski definition) is 4. The number of rotatable bonds is 8. The lowest BCUT2D eigenvalue weighted by atomic mass is 10.2. The van der Waals surface area contributed by atoms with Crippen molar-refractivity contribution in [2.24, 2.45) is 10.9 Å². The van der Waals surface area contributed by atoms with Gasteiger partial charge in [-0.05, 0) is 30.5 Å². The van der Waals surface area contributed by atoms with Crippen molar-refractivity contribution >= 4 is 11.7 Å². The molecular formula is C19H21N3O3. The number of carbonyl (C=O) groups excluding carboxylic acids is 1. The molecule has 2 aromatic carbocycles. The molecule has 25 heavy (non-hydrogen) atoms. The summed E-state index contributed by atoms with van der Waals surface area (Å²) in [6.45, 7) is 0.278. The molecule has 0 unspecified atom stereocenters. The van der Waals surface area contributed by atoms with Crippen LogP contribution in [0.25, 0.3) is 0 Å². The standard InChI is InChI=1S/C19H21N3O3/c20-19(22-25-13-18(23)21-15-10-11-15)16-8-4-5-9-17(16)24-12-14-6-2-1-3-7-14/h1-9,15H,10-13H2,(H2,20,22)(H,21,23). The Morgan fingerprint density at radius 2 is 1.84 bits per heavy atom. The second-order valence-corrected chi connectivity index (χ2v) is 5.86. The molecule has 1 aliphatic carbocycles. The van der Waals surface area contributed by atoms with E-state index in [1.807, 2.05) is 48.5 Å². The van der Waals surface area contributed by atoms with Crippen molar-refractivity contribution in [2.45, 2.75) is 25.5 Å². The first-order chi connectivity index (χ1) is 12.2. The Hall–Kier alpha value is -3.02. The van der Waals surface area contributed by atoms with E-state index in [-0.39, 0.29) is 18.3 Å². The molecule has 0 aromatic heterocycles. The minimum atomic E-state index is -0.187. The van der Waals surface area contributed by atoms with Crippen LogP contribution in [0.2, 0.25) is 0 Å². The fraction of sp³-hybridized carbons (Fsp3) is 0.263. The van der Waals surface area contributed by atoms with Gasteiger partial charge in [-0.1, -0.05) is 47.6 Å². The van der Waals surface area contributed by atoms with Crippen molar-refractivity contribution in [3.8, 4) is 5.75 Å². The molecule has 0 aliphatic heterocycles. The van der Waals surface area contributed by atoms with Crippen molar-refractivity contribution < 1.29 is 14.4 Å². The number of ether oxygens (including phenoxy) is 1. The Balaban J connectivity index is 1.58. The van der Waals surface area contributed by atoms with Crippen LogP contribution in [0.3, 0.4) is 0 Å². The van der Waals surface area contributed by atoms with Gasteiger partial charge in [0.25, 0.3) is 5.91 Å². The SMILES string of the molecule is N/C(=N/OCC(=O)NC1CC1)c1ccccc1OCc1ccccc1. The molecule has 0 bridgehead atoms. The summed E-state index contributed by atoms with van der Waals surface area (Å²) < 4.78 is 5.84. The Morgan fingerprint density at radius 1 is 1.12 bits per heavy atom. The zero-order chi connectivity index (χ0) is 17.5. The summed E-state index contributed by atoms with van der Waals surface area (Å²) in [5, 5.41) is 6.65. The number of nitrogens with zero attached hydrogens (tertiary/aromatic N) is 1. The van der Waals surface area contributed by atoms with Crippen molar-refractivity contribution in [2.75, 3.05) is 6.61 Å². The largest absolute Gasteiger partial charge is 0.488 e. The topological polar surface area (TPSA) is 85.9 Å². The highest BCUT2D eigenvalue weighted by atomic mass is 16.6. The van der Waals surface area contributed by atoms with Gasteiger partial charge in [0.05, 0.1) is 5.56 Å². The van der Waals surface area contributed by atoms with Gasteiger partial charge in [0.1, 0.15) is 12.4 Å². The fourth-order valence-corrected chi connectivity index (χ4v) is 2.25. The third kappa shape index (κ3) is 5.24. The second-order valence-electron chi connectivity index (χ2n) is 5.86. The highest BCUT2D eigenvalue weighted by molar-refractivity contribution is 5.99. The minimum absolute atomic E-state index is 0.149. The van der Waals surface area contributed by atoms with Crippen molar-refractivity contribution in [1.82, 2.24) is 5.32 Å². The van der Waals surface area contributed by atoms with Crippen molar-refractivity contribution in [3.05, 3.63) is 65.7 Å². The van der Waals surface area contributed by atoms with Crippen molar-refractivity contribution in [3.63, 3.8) is 0 Å². The number of amides is 1. The molecule has 1 fully saturated rings. The van der Waals surface area contributed by atoms with E-state index in [9.17, 15) is 4.79 Å². The summed E-state index contributed by atoms with van der Waals surface area (Å²) in [5.74, 6) is 0.592. The van der Waals surface area contributed by atoms with Gasteiger partial charge in [0.15, 0.2) is 12.4 Å². The molecule has 1 aliphatic rings. The predicted molar refractivity (Wildman–Crippen MR) is 95.1 cm³/mol. The van der Waals surface area contributed by atoms with Crippen LogP contribution >= 0.6 is 0 Å². The molecule has 0 saturated heterocycles. The summed E-state index contributed by atoms with van der Waals surface area (Å²) in [4.78, 5) is 16.6. The molecule has 3 rings (SSSR count). The lowest BCUT2D eigenvalue weighted by molar-refractivity contribution is -0.125. The molecule has 0 heterocycles. The number of para-hydroxylation sites is 1. The van der Waals surface area contributed by atoms with Crippen LogP contribution in [0.5, 0.6) is 5.75 Å². The predicted octanol–water partition coefficient (Wildman–Crippen LogP) is 2.18. The average molecular weight is 339 g/mol. The lowest BCUT2D eigenvalue weighted by Gasteiger charge is -2.11. The molecule has 1 amide bonds. The van der Waals surface area contributed by atoms with E-state index in [0.29, 0.717) is 24.0 Å². The van der Waals surface area contributed by atoms with Gasteiger partial charge in [0.2, 0.25) is 0 Å². The van der Waals surface area contributed by atoms with E-state index in [0.717, 1.165) is 18.4 Å². The summed E-state index contributed by atoms with van der Waals surface area (Å²) in [5.41, 5.74) is 7.66. The molecule has 2 aromatic rings. The lowest BCUT2D eigenvalue weighted by Crippen LogP contribution is -2.29. The van der Waals surface area contributed by atoms with E-state index in [1.54, 1.807) is 6.07 Å². The van der Waals surface area contributed by atoms with Gasteiger partial charge in [-0.2, -0.15) is 0 Å². The first-order valence-corrected chi connectivity index (χ1v) is 8.23. The van der Waals surface area contributed by atoms with Gasteiger partial charge in [-0.15, -0.1) is 0 Å². The van der Waals surface area contributed by atoms with Crippen LogP contribution in [0.4, 0.5) is 0 Å². The second kappa shape index (κ2) is 8.19. The highest BCUT2D eigenvalue weighted by Gasteiger charge is 2.23. The molecule has 0 spiro atoms. The van der Waals surface area contributed by atoms with Crippen LogP contribution in [-0.2, 0) is 16.2 Å². The van der Waals surface area contributed by atoms with Crippen LogP contribution in [0, 0.1) is 0 Å². The summed E-state index contributed by atoms with van der Waals surface area (Å²) in [7, 11) is 0. The minimum Gasteiger partial charge on any atom is -0.488 e. The van der Waals surface area contributed by atoms with Gasteiger partial charge in [-0.25, -0.2) is 0 Å². The van der Waals surface area contributed by atoms with E-state index in [2.05, 4.69) is 10.5 Å². The number of nitrogens with one attached hydrogen (secondary N) is 1. The Bertz CT molecular complexity index is 743. The molecular weight excluding hydrogens is 318 g/mol. The maximum Gasteiger partial charge on any atom is 0.260 e. The summed E-state index contributed by atoms with van der Waals surface area (Å²) >= 11 is 0. The summed E-state index contributed by atoms with van der Waals surface area (Å²) in [6.07, 6.45) is 2.06. The Labute approximate surface area is 146 Å². The maximum atomic E-state index is 11.6. The van der Waals surface area contributed by atoms with Gasteiger partial charge in [0, 0.05) is 6.04 Å². The average Bonchev–Trinajstić information content (AvgIpc) is 3.45. The fourth-order valence-electron chi connectivity index (χ4n) is 2.25. The highest BCUT2D eigenvalue weighted by Crippen LogP contribution is 2.20. The molecule has 0 atom stereocenters. The van der Waals surface area contributed by atoms with Crippen LogP contribution < -0.4 is 15.8 Å². The van der Waals surface area contributed by atoms with Gasteiger partial charge in [-0.3, -0.25) is 4.79 Å². The zero-order valence-electron chi connectivity index (χ0n) is 13.9.